The second-order valence-electron chi connectivity index (χ2n) is 10.7. The van der Waals surface area contributed by atoms with E-state index in [0.29, 0.717) is 13.0 Å². The molecule has 0 amide bonds. The van der Waals surface area contributed by atoms with Crippen LogP contribution in [-0.2, 0) is 19.1 Å². The molecule has 1 rings (SSSR count). The summed E-state index contributed by atoms with van der Waals surface area (Å²) in [6.45, 7) is 11.4. The molecule has 0 saturated heterocycles. The highest BCUT2D eigenvalue weighted by atomic mass is 16.5. The Labute approximate surface area is 220 Å². The van der Waals surface area contributed by atoms with Gasteiger partial charge in [0.1, 0.15) is 0 Å². The topological polar surface area (TPSA) is 52.6 Å². The summed E-state index contributed by atoms with van der Waals surface area (Å²) < 4.78 is 9.99. The average Bonchev–Trinajstić information content (AvgIpc) is 2.81. The Morgan fingerprint density at radius 1 is 0.917 bits per heavy atom. The molecule has 0 heterocycles. The number of carbonyl (C=O) groups is 2. The molecule has 0 bridgehead atoms. The first kappa shape index (κ1) is 31.7. The second-order valence-corrected chi connectivity index (χ2v) is 10.7. The number of rotatable bonds is 16. The fourth-order valence-corrected chi connectivity index (χ4v) is 4.61. The van der Waals surface area contributed by atoms with Crippen molar-refractivity contribution in [1.29, 1.82) is 0 Å². The van der Waals surface area contributed by atoms with E-state index in [9.17, 15) is 9.59 Å². The van der Waals surface area contributed by atoms with Crippen LogP contribution >= 0.6 is 0 Å². The maximum absolute atomic E-state index is 12.0. The lowest BCUT2D eigenvalue weighted by Crippen LogP contribution is -2.19. The molecule has 0 fully saturated rings. The summed E-state index contributed by atoms with van der Waals surface area (Å²) in [5.74, 6) is -0.391. The number of unbranched alkanes of at least 4 members (excludes halogenated alkanes) is 7. The van der Waals surface area contributed by atoms with Gasteiger partial charge in [-0.1, -0.05) is 93.9 Å². The van der Waals surface area contributed by atoms with Crippen molar-refractivity contribution in [3.05, 3.63) is 58.7 Å². The minimum absolute atomic E-state index is 0.118. The zero-order chi connectivity index (χ0) is 26.8. The van der Waals surface area contributed by atoms with Crippen LogP contribution in [0.4, 0.5) is 0 Å². The standard InChI is InChI=1S/C32H50O4/c1-26(21-22-29-28(3)19-16-23-32(29,4)5)17-15-18-27(2)25-31(34)36-24-14-12-10-8-7-9-11-13-20-30(33)35-6/h15,17-18,21-22,25H,7-14,16,19-20,23-24H2,1-6H3/b18-15+,22-21+,26-17-,27-25+. The predicted molar refractivity (Wildman–Crippen MR) is 151 cm³/mol. The Morgan fingerprint density at radius 2 is 1.56 bits per heavy atom. The molecular weight excluding hydrogens is 448 g/mol. The molecule has 36 heavy (non-hydrogen) atoms. The maximum atomic E-state index is 12.0. The Bertz CT molecular complexity index is 836. The molecule has 4 heteroatoms. The lowest BCUT2D eigenvalue weighted by molar-refractivity contribution is -0.141. The summed E-state index contributed by atoms with van der Waals surface area (Å²) in [7, 11) is 1.44. The normalized spacial score (nSPS) is 16.7. The van der Waals surface area contributed by atoms with Gasteiger partial charge in [0.15, 0.2) is 0 Å². The third-order valence-electron chi connectivity index (χ3n) is 6.87. The third-order valence-corrected chi connectivity index (χ3v) is 6.87. The van der Waals surface area contributed by atoms with E-state index >= 15 is 0 Å². The molecule has 0 spiro atoms. The molecule has 4 nitrogen and oxygen atoms in total. The molecular formula is C32H50O4. The van der Waals surface area contributed by atoms with E-state index < -0.39 is 0 Å². The average molecular weight is 499 g/mol. The highest BCUT2D eigenvalue weighted by molar-refractivity contribution is 5.83. The van der Waals surface area contributed by atoms with Crippen molar-refractivity contribution in [2.45, 2.75) is 112 Å². The van der Waals surface area contributed by atoms with Crippen molar-refractivity contribution in [2.24, 2.45) is 5.41 Å². The first-order valence-electron chi connectivity index (χ1n) is 13.8. The fourth-order valence-electron chi connectivity index (χ4n) is 4.61. The highest BCUT2D eigenvalue weighted by Crippen LogP contribution is 2.40. The van der Waals surface area contributed by atoms with Crippen LogP contribution < -0.4 is 0 Å². The molecule has 202 valence electrons. The summed E-state index contributed by atoms with van der Waals surface area (Å²) in [5, 5.41) is 0. The van der Waals surface area contributed by atoms with E-state index in [1.165, 1.54) is 55.9 Å². The Balaban J connectivity index is 2.23. The minimum Gasteiger partial charge on any atom is -0.469 e. The second kappa shape index (κ2) is 18.0. The van der Waals surface area contributed by atoms with Gasteiger partial charge in [-0.3, -0.25) is 4.79 Å². The molecule has 0 unspecified atom stereocenters. The van der Waals surface area contributed by atoms with Gasteiger partial charge in [0, 0.05) is 12.5 Å². The molecule has 1 aliphatic rings. The molecule has 1 aliphatic carbocycles. The van der Waals surface area contributed by atoms with Gasteiger partial charge < -0.3 is 9.47 Å². The zero-order valence-electron chi connectivity index (χ0n) is 23.8. The van der Waals surface area contributed by atoms with Crippen molar-refractivity contribution in [3.8, 4) is 0 Å². The lowest BCUT2D eigenvalue weighted by atomic mass is 9.72. The summed E-state index contributed by atoms with van der Waals surface area (Å²) in [6, 6.07) is 0. The van der Waals surface area contributed by atoms with Crippen molar-refractivity contribution in [1.82, 2.24) is 0 Å². The van der Waals surface area contributed by atoms with Crippen molar-refractivity contribution in [3.63, 3.8) is 0 Å². The molecule has 0 saturated carbocycles. The van der Waals surface area contributed by atoms with Crippen molar-refractivity contribution >= 4 is 11.9 Å². The maximum Gasteiger partial charge on any atom is 0.331 e. The smallest absolute Gasteiger partial charge is 0.331 e. The van der Waals surface area contributed by atoms with Gasteiger partial charge in [0.2, 0.25) is 0 Å². The van der Waals surface area contributed by atoms with Gasteiger partial charge >= 0.3 is 11.9 Å². The van der Waals surface area contributed by atoms with Crippen LogP contribution in [0.25, 0.3) is 0 Å². The number of hydrogen-bond acceptors (Lipinski definition) is 4. The summed E-state index contributed by atoms with van der Waals surface area (Å²) >= 11 is 0. The lowest BCUT2D eigenvalue weighted by Gasteiger charge is -2.32. The van der Waals surface area contributed by atoms with Crippen molar-refractivity contribution in [2.75, 3.05) is 13.7 Å². The largest absolute Gasteiger partial charge is 0.469 e. The van der Waals surface area contributed by atoms with E-state index in [-0.39, 0.29) is 17.4 Å². The minimum atomic E-state index is -0.273. The van der Waals surface area contributed by atoms with Crippen LogP contribution in [0.1, 0.15) is 112 Å². The van der Waals surface area contributed by atoms with Crippen LogP contribution in [0.3, 0.4) is 0 Å². The predicted octanol–water partition coefficient (Wildman–Crippen LogP) is 8.75. The number of esters is 2. The Morgan fingerprint density at radius 3 is 2.19 bits per heavy atom. The molecule has 0 aromatic rings. The van der Waals surface area contributed by atoms with Crippen molar-refractivity contribution < 1.29 is 19.1 Å². The Hall–Kier alpha value is -2.36. The SMILES string of the molecule is COC(=O)CCCCCCCCCCOC(=O)/C=C(C)/C=C/C=C(C)\C=C\C1=C(C)CCCC1(C)C. The first-order chi connectivity index (χ1) is 17.2. The fraction of sp³-hybridized carbons (Fsp3) is 0.625. The van der Waals surface area contributed by atoms with Crippen LogP contribution in [0.5, 0.6) is 0 Å². The van der Waals surface area contributed by atoms with Gasteiger partial charge in [-0.2, -0.15) is 0 Å². The highest BCUT2D eigenvalue weighted by Gasteiger charge is 2.26. The molecule has 0 aliphatic heterocycles. The van der Waals surface area contributed by atoms with E-state index in [4.69, 9.17) is 4.74 Å². The van der Waals surface area contributed by atoms with Gasteiger partial charge in [-0.15, -0.1) is 0 Å². The Kier molecular flexibility index (Phi) is 15.8. The third kappa shape index (κ3) is 14.3. The van der Waals surface area contributed by atoms with Gasteiger partial charge in [0.25, 0.3) is 0 Å². The van der Waals surface area contributed by atoms with E-state index in [0.717, 1.165) is 44.1 Å². The van der Waals surface area contributed by atoms with E-state index in [1.54, 1.807) is 6.08 Å². The molecule has 0 aromatic heterocycles. The zero-order valence-corrected chi connectivity index (χ0v) is 23.8. The van der Waals surface area contributed by atoms with Crippen LogP contribution in [-0.4, -0.2) is 25.7 Å². The van der Waals surface area contributed by atoms with Crippen LogP contribution in [0.15, 0.2) is 58.7 Å². The number of carbonyl (C=O) groups excluding carboxylic acids is 2. The molecule has 0 radical (unpaired) electrons. The van der Waals surface area contributed by atoms with Crippen LogP contribution in [0.2, 0.25) is 0 Å². The van der Waals surface area contributed by atoms with Gasteiger partial charge in [-0.05, 0) is 69.4 Å². The first-order valence-corrected chi connectivity index (χ1v) is 13.8. The van der Waals surface area contributed by atoms with Gasteiger partial charge in [0.05, 0.1) is 13.7 Å². The monoisotopic (exact) mass is 498 g/mol. The summed E-state index contributed by atoms with van der Waals surface area (Å²) in [4.78, 5) is 23.1. The number of hydrogen-bond donors (Lipinski definition) is 0. The number of methoxy groups -OCH3 is 1. The van der Waals surface area contributed by atoms with Crippen LogP contribution in [0, 0.1) is 5.41 Å². The summed E-state index contributed by atoms with van der Waals surface area (Å²) in [5.41, 5.74) is 5.29. The molecule has 0 atom stereocenters. The summed E-state index contributed by atoms with van der Waals surface area (Å²) in [6.07, 6.45) is 24.9. The van der Waals surface area contributed by atoms with E-state index in [1.807, 2.05) is 19.1 Å². The molecule has 0 aromatic carbocycles. The number of ether oxygens (including phenoxy) is 2. The van der Waals surface area contributed by atoms with Gasteiger partial charge in [-0.25, -0.2) is 4.79 Å². The quantitative estimate of drug-likeness (QED) is 0.0923. The molecule has 0 N–H and O–H groups in total. The number of allylic oxidation sites excluding steroid dienone is 9. The van der Waals surface area contributed by atoms with E-state index in [2.05, 4.69) is 50.7 Å².